The molecule has 0 aromatic heterocycles. The van der Waals surface area contributed by atoms with Gasteiger partial charge in [-0.25, -0.2) is 0 Å². The predicted octanol–water partition coefficient (Wildman–Crippen LogP) is 0.405. The van der Waals surface area contributed by atoms with Crippen LogP contribution in [0.2, 0.25) is 0 Å². The Balaban J connectivity index is 2.05. The fourth-order valence-corrected chi connectivity index (χ4v) is 4.56. The number of methoxy groups -OCH3 is 1. The summed E-state index contributed by atoms with van der Waals surface area (Å²) in [5, 5.41) is 23.1. The predicted molar refractivity (Wildman–Crippen MR) is 122 cm³/mol. The number of aliphatic hydroxyl groups is 2. The summed E-state index contributed by atoms with van der Waals surface area (Å²) in [6.45, 7) is 4.42. The largest absolute Gasteiger partial charge is 0.493 e. The smallest absolute Gasteiger partial charge is 0.247 e. The van der Waals surface area contributed by atoms with E-state index in [0.29, 0.717) is 55.1 Å². The summed E-state index contributed by atoms with van der Waals surface area (Å²) in [5.74, 6) is -0.749. The lowest BCUT2D eigenvalue weighted by Crippen LogP contribution is -2.55. The number of carbonyl (C=O) groups is 3. The Morgan fingerprint density at radius 2 is 2.09 bits per heavy atom. The van der Waals surface area contributed by atoms with E-state index in [1.165, 1.54) is 25.0 Å². The van der Waals surface area contributed by atoms with E-state index in [0.717, 1.165) is 0 Å². The number of aldehydes is 1. The van der Waals surface area contributed by atoms with Gasteiger partial charge < -0.3 is 34.6 Å². The van der Waals surface area contributed by atoms with Crippen LogP contribution >= 0.6 is 0 Å². The third kappa shape index (κ3) is 5.08. The summed E-state index contributed by atoms with van der Waals surface area (Å²) in [5.41, 5.74) is 1.17. The van der Waals surface area contributed by atoms with E-state index >= 15 is 0 Å². The van der Waals surface area contributed by atoms with Gasteiger partial charge in [0, 0.05) is 49.9 Å². The standard InChI is InChI=1S/C24H32N2O8/c1-4-33-9-5-7-26(14(2)29)18-12-17(24(31)25-6-8-27)20-16-10-15(13-28)11-19(32-3)22(16)34-23(20)21(18)30/h10-13,18,20-21,23,27,30H,4-9H2,1-3H3,(H,25,31). The Hall–Kier alpha value is -2.95. The van der Waals surface area contributed by atoms with Crippen LogP contribution < -0.4 is 14.8 Å². The number of rotatable bonds is 11. The van der Waals surface area contributed by atoms with E-state index in [2.05, 4.69) is 5.32 Å². The van der Waals surface area contributed by atoms with Gasteiger partial charge in [-0.05, 0) is 31.6 Å². The maximum Gasteiger partial charge on any atom is 0.247 e. The Morgan fingerprint density at radius 1 is 1.32 bits per heavy atom. The number of amides is 2. The highest BCUT2D eigenvalue weighted by molar-refractivity contribution is 5.96. The lowest BCUT2D eigenvalue weighted by molar-refractivity contribution is -0.135. The summed E-state index contributed by atoms with van der Waals surface area (Å²) in [7, 11) is 1.44. The van der Waals surface area contributed by atoms with Gasteiger partial charge in [-0.2, -0.15) is 0 Å². The fourth-order valence-electron chi connectivity index (χ4n) is 4.56. The van der Waals surface area contributed by atoms with Crippen LogP contribution in [-0.4, -0.2) is 91.5 Å². The molecule has 2 aliphatic rings. The quantitative estimate of drug-likeness (QED) is 0.309. The second-order valence-corrected chi connectivity index (χ2v) is 8.17. The summed E-state index contributed by atoms with van der Waals surface area (Å²) in [6, 6.07) is 2.32. The van der Waals surface area contributed by atoms with E-state index in [9.17, 15) is 24.6 Å². The maximum absolute atomic E-state index is 13.1. The van der Waals surface area contributed by atoms with Crippen LogP contribution in [0, 0.1) is 0 Å². The molecule has 0 spiro atoms. The molecule has 0 radical (unpaired) electrons. The lowest BCUT2D eigenvalue weighted by atomic mass is 9.77. The molecular formula is C24H32N2O8. The normalized spacial score (nSPS) is 22.7. The van der Waals surface area contributed by atoms with Crippen molar-refractivity contribution in [3.8, 4) is 11.5 Å². The molecule has 34 heavy (non-hydrogen) atoms. The van der Waals surface area contributed by atoms with Crippen molar-refractivity contribution in [2.75, 3.05) is 40.0 Å². The summed E-state index contributed by atoms with van der Waals surface area (Å²) in [4.78, 5) is 38.6. The zero-order valence-corrected chi connectivity index (χ0v) is 19.7. The van der Waals surface area contributed by atoms with Crippen LogP contribution in [0.3, 0.4) is 0 Å². The van der Waals surface area contributed by atoms with Crippen molar-refractivity contribution in [3.05, 3.63) is 34.9 Å². The van der Waals surface area contributed by atoms with Crippen molar-refractivity contribution in [2.24, 2.45) is 0 Å². The third-order valence-electron chi connectivity index (χ3n) is 6.07. The first kappa shape index (κ1) is 25.7. The Bertz CT molecular complexity index is 947. The van der Waals surface area contributed by atoms with Crippen molar-refractivity contribution in [3.63, 3.8) is 0 Å². The Morgan fingerprint density at radius 3 is 2.71 bits per heavy atom. The number of hydrogen-bond donors (Lipinski definition) is 3. The van der Waals surface area contributed by atoms with Gasteiger partial charge in [-0.1, -0.05) is 0 Å². The van der Waals surface area contributed by atoms with Gasteiger partial charge >= 0.3 is 0 Å². The molecule has 1 aromatic carbocycles. The number of carbonyl (C=O) groups excluding carboxylic acids is 3. The molecular weight excluding hydrogens is 444 g/mol. The molecule has 4 atom stereocenters. The minimum absolute atomic E-state index is 0.0387. The van der Waals surface area contributed by atoms with E-state index in [1.54, 1.807) is 12.1 Å². The summed E-state index contributed by atoms with van der Waals surface area (Å²) < 4.78 is 16.9. The minimum Gasteiger partial charge on any atom is -0.493 e. The topological polar surface area (TPSA) is 135 Å². The molecule has 10 heteroatoms. The van der Waals surface area contributed by atoms with Gasteiger partial charge in [0.15, 0.2) is 11.5 Å². The maximum atomic E-state index is 13.1. The van der Waals surface area contributed by atoms with E-state index in [4.69, 9.17) is 14.2 Å². The van der Waals surface area contributed by atoms with Crippen molar-refractivity contribution < 1.29 is 38.8 Å². The van der Waals surface area contributed by atoms with Crippen molar-refractivity contribution in [2.45, 2.75) is 44.4 Å². The van der Waals surface area contributed by atoms with Crippen molar-refractivity contribution >= 4 is 18.1 Å². The SMILES string of the molecule is CCOCCCN(C(C)=O)C1C=C(C(=O)NCCO)C2c3cc(C=O)cc(OC)c3OC2C1O. The van der Waals surface area contributed by atoms with Crippen LogP contribution in [0.1, 0.15) is 42.1 Å². The molecule has 2 amide bonds. The average Bonchev–Trinajstić information content (AvgIpc) is 3.22. The number of nitrogens with zero attached hydrogens (tertiary/aromatic N) is 1. The highest BCUT2D eigenvalue weighted by atomic mass is 16.5. The number of ether oxygens (including phenoxy) is 3. The highest BCUT2D eigenvalue weighted by Crippen LogP contribution is 2.51. The van der Waals surface area contributed by atoms with Gasteiger partial charge in [0.05, 0.1) is 25.7 Å². The average molecular weight is 477 g/mol. The monoisotopic (exact) mass is 476 g/mol. The van der Waals surface area contributed by atoms with Crippen LogP contribution in [0.25, 0.3) is 0 Å². The molecule has 3 rings (SSSR count). The zero-order chi connectivity index (χ0) is 24.8. The molecule has 1 aromatic rings. The van der Waals surface area contributed by atoms with Crippen LogP contribution in [0.15, 0.2) is 23.8 Å². The van der Waals surface area contributed by atoms with Crippen LogP contribution in [0.4, 0.5) is 0 Å². The second-order valence-electron chi connectivity index (χ2n) is 8.17. The van der Waals surface area contributed by atoms with Gasteiger partial charge in [-0.15, -0.1) is 0 Å². The van der Waals surface area contributed by atoms with Gasteiger partial charge in [-0.3, -0.25) is 14.4 Å². The Kier molecular flexibility index (Phi) is 8.65. The number of nitrogens with one attached hydrogen (secondary N) is 1. The first-order valence-corrected chi connectivity index (χ1v) is 11.3. The number of benzene rings is 1. The Labute approximate surface area is 198 Å². The van der Waals surface area contributed by atoms with Crippen molar-refractivity contribution in [1.82, 2.24) is 10.2 Å². The molecule has 1 aliphatic carbocycles. The highest BCUT2D eigenvalue weighted by Gasteiger charge is 2.51. The minimum atomic E-state index is -1.15. The molecule has 4 unspecified atom stereocenters. The third-order valence-corrected chi connectivity index (χ3v) is 6.07. The van der Waals surface area contributed by atoms with E-state index < -0.39 is 30.1 Å². The molecule has 186 valence electrons. The van der Waals surface area contributed by atoms with Gasteiger partial charge in [0.1, 0.15) is 18.5 Å². The molecule has 10 nitrogen and oxygen atoms in total. The van der Waals surface area contributed by atoms with E-state index in [1.807, 2.05) is 6.92 Å². The van der Waals surface area contributed by atoms with Gasteiger partial charge in [0.2, 0.25) is 11.8 Å². The summed E-state index contributed by atoms with van der Waals surface area (Å²) >= 11 is 0. The molecule has 1 heterocycles. The van der Waals surface area contributed by atoms with E-state index in [-0.39, 0.29) is 24.6 Å². The summed E-state index contributed by atoms with van der Waals surface area (Å²) in [6.07, 6.45) is 0.779. The zero-order valence-electron chi connectivity index (χ0n) is 19.7. The molecule has 1 aliphatic heterocycles. The van der Waals surface area contributed by atoms with Crippen LogP contribution in [-0.2, 0) is 14.3 Å². The molecule has 0 fully saturated rings. The first-order valence-electron chi connectivity index (χ1n) is 11.3. The lowest BCUT2D eigenvalue weighted by Gasteiger charge is -2.40. The number of aliphatic hydroxyl groups excluding tert-OH is 2. The number of hydrogen-bond acceptors (Lipinski definition) is 8. The fraction of sp³-hybridized carbons (Fsp3) is 0.542. The second kappa shape index (κ2) is 11.5. The molecule has 0 saturated heterocycles. The van der Waals surface area contributed by atoms with Crippen molar-refractivity contribution in [1.29, 1.82) is 0 Å². The van der Waals surface area contributed by atoms with Crippen LogP contribution in [0.5, 0.6) is 11.5 Å². The molecule has 0 saturated carbocycles. The first-order chi connectivity index (χ1) is 16.4. The molecule has 3 N–H and O–H groups in total. The molecule has 0 bridgehead atoms. The number of fused-ring (bicyclic) bond motifs is 3. The van der Waals surface area contributed by atoms with Gasteiger partial charge in [0.25, 0.3) is 0 Å².